The van der Waals surface area contributed by atoms with Gasteiger partial charge in [-0.15, -0.1) is 11.3 Å². The van der Waals surface area contributed by atoms with E-state index in [4.69, 9.17) is 0 Å². The molecule has 0 spiro atoms. The quantitative estimate of drug-likeness (QED) is 0.828. The largest absolute Gasteiger partial charge is 0.312 e. The Morgan fingerprint density at radius 3 is 2.94 bits per heavy atom. The fourth-order valence-electron chi connectivity index (χ4n) is 1.63. The third kappa shape index (κ3) is 2.92. The van der Waals surface area contributed by atoms with E-state index in [-0.39, 0.29) is 0 Å². The second kappa shape index (κ2) is 5.42. The van der Waals surface area contributed by atoms with Crippen LogP contribution in [0.2, 0.25) is 0 Å². The van der Waals surface area contributed by atoms with Crippen molar-refractivity contribution in [2.24, 2.45) is 7.05 Å². The average Bonchev–Trinajstić information content (AvgIpc) is 2.86. The minimum atomic E-state index is 0.914. The van der Waals surface area contributed by atoms with Crippen LogP contribution in [0.15, 0.2) is 12.4 Å². The summed E-state index contributed by atoms with van der Waals surface area (Å²) in [5.74, 6) is 0. The lowest BCUT2D eigenvalue weighted by atomic mass is 10.3. The van der Waals surface area contributed by atoms with E-state index >= 15 is 0 Å². The fraction of sp³-hybridized carbons (Fsp3) is 0.500. The van der Waals surface area contributed by atoms with Crippen LogP contribution < -0.4 is 5.32 Å². The lowest BCUT2D eigenvalue weighted by Crippen LogP contribution is -2.13. The Bertz CT molecular complexity index is 486. The number of hydrogen-bond donors (Lipinski definition) is 1. The second-order valence-electron chi connectivity index (χ2n) is 4.11. The van der Waals surface area contributed by atoms with Gasteiger partial charge in [-0.1, -0.05) is 6.92 Å². The molecule has 0 radical (unpaired) electrons. The Morgan fingerprint density at radius 1 is 1.47 bits per heavy atom. The van der Waals surface area contributed by atoms with E-state index in [2.05, 4.69) is 29.2 Å². The molecule has 0 aliphatic rings. The molecule has 0 aromatic carbocycles. The zero-order chi connectivity index (χ0) is 12.3. The topological polar surface area (TPSA) is 42.7 Å². The predicted octanol–water partition coefficient (Wildman–Crippen LogP) is 2.35. The highest BCUT2D eigenvalue weighted by atomic mass is 32.1. The number of nitrogens with one attached hydrogen (secondary N) is 1. The van der Waals surface area contributed by atoms with Crippen molar-refractivity contribution >= 4 is 11.3 Å². The van der Waals surface area contributed by atoms with Gasteiger partial charge < -0.3 is 5.32 Å². The van der Waals surface area contributed by atoms with Crippen LogP contribution in [0, 0.1) is 6.92 Å². The summed E-state index contributed by atoms with van der Waals surface area (Å²) in [4.78, 5) is 5.92. The molecule has 0 aliphatic carbocycles. The van der Waals surface area contributed by atoms with Crippen molar-refractivity contribution in [1.29, 1.82) is 0 Å². The normalized spacial score (nSPS) is 11.0. The smallest absolute Gasteiger partial charge is 0.127 e. The van der Waals surface area contributed by atoms with Gasteiger partial charge in [-0.05, 0) is 19.9 Å². The number of aryl methyl sites for hydroxylation is 2. The molecule has 2 aromatic heterocycles. The van der Waals surface area contributed by atoms with Crippen molar-refractivity contribution in [3.05, 3.63) is 23.0 Å². The Kier molecular flexibility index (Phi) is 3.91. The first-order valence-electron chi connectivity index (χ1n) is 5.86. The third-order valence-electron chi connectivity index (χ3n) is 2.56. The van der Waals surface area contributed by atoms with Crippen LogP contribution in [0.25, 0.3) is 10.6 Å². The molecule has 4 nitrogen and oxygen atoms in total. The molecular weight excluding hydrogens is 232 g/mol. The van der Waals surface area contributed by atoms with Crippen LogP contribution in [0.4, 0.5) is 0 Å². The lowest BCUT2D eigenvalue weighted by Gasteiger charge is -1.99. The van der Waals surface area contributed by atoms with Gasteiger partial charge in [-0.2, -0.15) is 5.10 Å². The van der Waals surface area contributed by atoms with E-state index < -0.39 is 0 Å². The van der Waals surface area contributed by atoms with E-state index in [0.717, 1.165) is 35.8 Å². The van der Waals surface area contributed by atoms with Gasteiger partial charge in [0.2, 0.25) is 0 Å². The van der Waals surface area contributed by atoms with E-state index in [1.165, 1.54) is 4.88 Å². The fourth-order valence-corrected chi connectivity index (χ4v) is 2.63. The van der Waals surface area contributed by atoms with Gasteiger partial charge in [0.05, 0.1) is 11.9 Å². The van der Waals surface area contributed by atoms with Crippen LogP contribution >= 0.6 is 11.3 Å². The predicted molar refractivity (Wildman–Crippen MR) is 71.1 cm³/mol. The van der Waals surface area contributed by atoms with E-state index in [9.17, 15) is 0 Å². The van der Waals surface area contributed by atoms with Crippen LogP contribution in [0.5, 0.6) is 0 Å². The summed E-state index contributed by atoms with van der Waals surface area (Å²) < 4.78 is 1.81. The van der Waals surface area contributed by atoms with Crippen LogP contribution in [-0.4, -0.2) is 21.3 Å². The van der Waals surface area contributed by atoms with Gasteiger partial charge in [0.25, 0.3) is 0 Å². The van der Waals surface area contributed by atoms with Crippen molar-refractivity contribution in [3.8, 4) is 10.6 Å². The molecule has 0 unspecified atom stereocenters. The zero-order valence-electron chi connectivity index (χ0n) is 10.5. The molecule has 0 amide bonds. The molecule has 0 bridgehead atoms. The Labute approximate surface area is 106 Å². The summed E-state index contributed by atoms with van der Waals surface area (Å²) in [6.07, 6.45) is 5.02. The van der Waals surface area contributed by atoms with Crippen molar-refractivity contribution in [3.63, 3.8) is 0 Å². The monoisotopic (exact) mass is 250 g/mol. The van der Waals surface area contributed by atoms with Crippen molar-refractivity contribution in [2.75, 3.05) is 6.54 Å². The summed E-state index contributed by atoms with van der Waals surface area (Å²) in [5.41, 5.74) is 2.22. The molecule has 5 heteroatoms. The summed E-state index contributed by atoms with van der Waals surface area (Å²) >= 11 is 1.75. The Hall–Kier alpha value is -1.20. The summed E-state index contributed by atoms with van der Waals surface area (Å²) in [5, 5.41) is 8.65. The summed E-state index contributed by atoms with van der Waals surface area (Å²) in [6, 6.07) is 0. The molecule has 1 N–H and O–H groups in total. The Balaban J connectivity index is 2.13. The molecule has 0 aliphatic heterocycles. The Morgan fingerprint density at radius 2 is 2.29 bits per heavy atom. The molecule has 0 saturated heterocycles. The van der Waals surface area contributed by atoms with Crippen LogP contribution in [-0.2, 0) is 13.6 Å². The lowest BCUT2D eigenvalue weighted by molar-refractivity contribution is 0.678. The molecule has 2 heterocycles. The maximum absolute atomic E-state index is 4.60. The summed E-state index contributed by atoms with van der Waals surface area (Å²) in [6.45, 7) is 6.21. The first-order valence-corrected chi connectivity index (χ1v) is 6.68. The summed E-state index contributed by atoms with van der Waals surface area (Å²) in [7, 11) is 1.92. The molecule has 2 aromatic rings. The molecule has 0 saturated carbocycles. The molecule has 0 fully saturated rings. The van der Waals surface area contributed by atoms with Crippen molar-refractivity contribution < 1.29 is 0 Å². The SMILES string of the molecule is CCCNCc1sc(-c2cnn(C)c2)nc1C. The molecule has 92 valence electrons. The minimum absolute atomic E-state index is 0.914. The molecule has 2 rings (SSSR count). The standard InChI is InChI=1S/C12H18N4S/c1-4-5-13-7-11-9(2)15-12(17-11)10-6-14-16(3)8-10/h6,8,13H,4-5,7H2,1-3H3. The highest BCUT2D eigenvalue weighted by Gasteiger charge is 2.10. The minimum Gasteiger partial charge on any atom is -0.312 e. The zero-order valence-corrected chi connectivity index (χ0v) is 11.3. The van der Waals surface area contributed by atoms with Gasteiger partial charge in [-0.3, -0.25) is 4.68 Å². The van der Waals surface area contributed by atoms with Gasteiger partial charge in [0.1, 0.15) is 5.01 Å². The maximum atomic E-state index is 4.60. The van der Waals surface area contributed by atoms with Gasteiger partial charge in [-0.25, -0.2) is 4.98 Å². The first kappa shape index (κ1) is 12.3. The number of hydrogen-bond acceptors (Lipinski definition) is 4. The molecule has 0 atom stereocenters. The van der Waals surface area contributed by atoms with Crippen LogP contribution in [0.1, 0.15) is 23.9 Å². The molecule has 17 heavy (non-hydrogen) atoms. The number of rotatable bonds is 5. The van der Waals surface area contributed by atoms with E-state index in [0.29, 0.717) is 0 Å². The van der Waals surface area contributed by atoms with Crippen LogP contribution in [0.3, 0.4) is 0 Å². The highest BCUT2D eigenvalue weighted by Crippen LogP contribution is 2.27. The number of thiazole rings is 1. The third-order valence-corrected chi connectivity index (χ3v) is 3.76. The van der Waals surface area contributed by atoms with E-state index in [1.54, 1.807) is 16.0 Å². The van der Waals surface area contributed by atoms with Crippen molar-refractivity contribution in [1.82, 2.24) is 20.1 Å². The average molecular weight is 250 g/mol. The first-order chi connectivity index (χ1) is 8.20. The number of nitrogens with zero attached hydrogens (tertiary/aromatic N) is 3. The van der Waals surface area contributed by atoms with Gasteiger partial charge in [0, 0.05) is 30.2 Å². The highest BCUT2D eigenvalue weighted by molar-refractivity contribution is 7.15. The van der Waals surface area contributed by atoms with Gasteiger partial charge in [0.15, 0.2) is 0 Å². The number of aromatic nitrogens is 3. The second-order valence-corrected chi connectivity index (χ2v) is 5.19. The van der Waals surface area contributed by atoms with Crippen molar-refractivity contribution in [2.45, 2.75) is 26.8 Å². The maximum Gasteiger partial charge on any atom is 0.127 e. The van der Waals surface area contributed by atoms with E-state index in [1.807, 2.05) is 19.4 Å². The van der Waals surface area contributed by atoms with Gasteiger partial charge >= 0.3 is 0 Å². The molecular formula is C12H18N4S.